The summed E-state index contributed by atoms with van der Waals surface area (Å²) in [7, 11) is 3.72. The molecule has 1 N–H and O–H groups in total. The first kappa shape index (κ1) is 13.9. The molecule has 2 heterocycles. The van der Waals surface area contributed by atoms with E-state index in [9.17, 15) is 4.79 Å². The van der Waals surface area contributed by atoms with E-state index in [1.165, 1.54) is 6.20 Å². The lowest BCUT2D eigenvalue weighted by Crippen LogP contribution is -2.25. The van der Waals surface area contributed by atoms with Crippen molar-refractivity contribution in [1.82, 2.24) is 25.3 Å². The van der Waals surface area contributed by atoms with E-state index in [1.807, 2.05) is 21.0 Å². The number of carbonyl (C=O) groups is 1. The number of carbonyl (C=O) groups excluding carboxylic acids is 1. The van der Waals surface area contributed by atoms with Gasteiger partial charge in [-0.2, -0.15) is 0 Å². The van der Waals surface area contributed by atoms with Gasteiger partial charge in [0.1, 0.15) is 5.69 Å². The summed E-state index contributed by atoms with van der Waals surface area (Å²) in [5.41, 5.74) is 1.79. The first-order valence-corrected chi connectivity index (χ1v) is 6.12. The molecule has 0 bridgehead atoms. The highest BCUT2D eigenvalue weighted by Gasteiger charge is 2.08. The van der Waals surface area contributed by atoms with Crippen LogP contribution in [0.25, 0.3) is 0 Å². The molecule has 7 nitrogen and oxygen atoms in total. The monoisotopic (exact) mass is 272 g/mol. The van der Waals surface area contributed by atoms with Crippen molar-refractivity contribution in [3.05, 3.63) is 41.7 Å². The van der Waals surface area contributed by atoms with Gasteiger partial charge in [0.25, 0.3) is 5.91 Å². The van der Waals surface area contributed by atoms with Crippen LogP contribution in [0.3, 0.4) is 0 Å². The zero-order valence-electron chi connectivity index (χ0n) is 11.7. The third kappa shape index (κ3) is 3.47. The molecule has 7 heteroatoms. The number of aromatic nitrogens is 4. The summed E-state index contributed by atoms with van der Waals surface area (Å²) < 4.78 is 0. The molecule has 0 atom stereocenters. The van der Waals surface area contributed by atoms with E-state index in [0.717, 1.165) is 11.4 Å². The molecule has 104 valence electrons. The van der Waals surface area contributed by atoms with Crippen molar-refractivity contribution in [1.29, 1.82) is 0 Å². The van der Waals surface area contributed by atoms with Crippen molar-refractivity contribution < 1.29 is 4.79 Å². The minimum Gasteiger partial charge on any atom is -0.347 e. The van der Waals surface area contributed by atoms with Crippen LogP contribution < -0.4 is 10.2 Å². The summed E-state index contributed by atoms with van der Waals surface area (Å²) >= 11 is 0. The molecule has 0 radical (unpaired) electrons. The molecule has 2 aromatic heterocycles. The van der Waals surface area contributed by atoms with Crippen LogP contribution in [0, 0.1) is 6.92 Å². The van der Waals surface area contributed by atoms with Gasteiger partial charge in [0.05, 0.1) is 24.1 Å². The number of anilines is 1. The van der Waals surface area contributed by atoms with E-state index in [1.54, 1.807) is 23.4 Å². The predicted octanol–water partition coefficient (Wildman–Crippen LogP) is 0.571. The first-order chi connectivity index (χ1) is 9.56. The maximum Gasteiger partial charge on any atom is 0.271 e. The molecule has 1 amide bonds. The van der Waals surface area contributed by atoms with Crippen LogP contribution in [0.4, 0.5) is 5.95 Å². The van der Waals surface area contributed by atoms with Gasteiger partial charge >= 0.3 is 0 Å². The zero-order chi connectivity index (χ0) is 14.5. The Hall–Kier alpha value is -2.57. The van der Waals surface area contributed by atoms with Gasteiger partial charge in [-0.05, 0) is 13.0 Å². The van der Waals surface area contributed by atoms with Crippen LogP contribution in [-0.4, -0.2) is 39.9 Å². The Kier molecular flexibility index (Phi) is 4.19. The van der Waals surface area contributed by atoms with Gasteiger partial charge in [0.2, 0.25) is 5.95 Å². The summed E-state index contributed by atoms with van der Waals surface area (Å²) in [6.45, 7) is 2.14. The summed E-state index contributed by atoms with van der Waals surface area (Å²) in [5.74, 6) is 0.328. The largest absolute Gasteiger partial charge is 0.347 e. The van der Waals surface area contributed by atoms with E-state index in [-0.39, 0.29) is 11.6 Å². The molecule has 0 unspecified atom stereocenters. The van der Waals surface area contributed by atoms with Gasteiger partial charge in [-0.1, -0.05) is 0 Å². The Morgan fingerprint density at radius 1 is 1.25 bits per heavy atom. The number of hydrogen-bond acceptors (Lipinski definition) is 6. The number of hydrogen-bond donors (Lipinski definition) is 1. The van der Waals surface area contributed by atoms with Crippen molar-refractivity contribution in [3.8, 4) is 0 Å². The number of nitrogens with one attached hydrogen (secondary N) is 1. The van der Waals surface area contributed by atoms with Crippen LogP contribution in [0.2, 0.25) is 0 Å². The van der Waals surface area contributed by atoms with Crippen LogP contribution in [0.5, 0.6) is 0 Å². The van der Waals surface area contributed by atoms with Gasteiger partial charge in [0.15, 0.2) is 0 Å². The Labute approximate surface area is 117 Å². The van der Waals surface area contributed by atoms with Crippen molar-refractivity contribution in [2.75, 3.05) is 19.0 Å². The van der Waals surface area contributed by atoms with Crippen LogP contribution in [0.15, 0.2) is 24.7 Å². The van der Waals surface area contributed by atoms with Crippen LogP contribution in [-0.2, 0) is 6.54 Å². The summed E-state index contributed by atoms with van der Waals surface area (Å²) in [4.78, 5) is 30.2. The summed E-state index contributed by atoms with van der Waals surface area (Å²) in [6, 6.07) is 1.76. The van der Waals surface area contributed by atoms with Crippen molar-refractivity contribution in [2.24, 2.45) is 0 Å². The molecule has 20 heavy (non-hydrogen) atoms. The van der Waals surface area contributed by atoms with Gasteiger partial charge < -0.3 is 10.2 Å². The third-order valence-electron chi connectivity index (χ3n) is 2.54. The molecular weight excluding hydrogens is 256 g/mol. The number of nitrogens with zero attached hydrogens (tertiary/aromatic N) is 5. The highest BCUT2D eigenvalue weighted by molar-refractivity contribution is 5.91. The molecule has 2 rings (SSSR count). The third-order valence-corrected chi connectivity index (χ3v) is 2.54. The van der Waals surface area contributed by atoms with Crippen LogP contribution >= 0.6 is 0 Å². The smallest absolute Gasteiger partial charge is 0.271 e. The van der Waals surface area contributed by atoms with Gasteiger partial charge in [-0.3, -0.25) is 9.78 Å². The van der Waals surface area contributed by atoms with Crippen molar-refractivity contribution in [2.45, 2.75) is 13.5 Å². The van der Waals surface area contributed by atoms with E-state index in [0.29, 0.717) is 12.5 Å². The van der Waals surface area contributed by atoms with Crippen molar-refractivity contribution in [3.63, 3.8) is 0 Å². The quantitative estimate of drug-likeness (QED) is 0.876. The molecule has 0 aliphatic carbocycles. The molecule has 2 aromatic rings. The lowest BCUT2D eigenvalue weighted by Gasteiger charge is -2.11. The SMILES string of the molecule is Cc1cnc(C(=O)NCc2ccnc(N(C)C)n2)cn1. The maximum atomic E-state index is 11.9. The second kappa shape index (κ2) is 6.05. The van der Waals surface area contributed by atoms with E-state index in [2.05, 4.69) is 25.3 Å². The zero-order valence-corrected chi connectivity index (χ0v) is 11.7. The van der Waals surface area contributed by atoms with Gasteiger partial charge in [0, 0.05) is 26.5 Å². The molecule has 0 spiro atoms. The topological polar surface area (TPSA) is 83.9 Å². The fourth-order valence-corrected chi connectivity index (χ4v) is 1.47. The van der Waals surface area contributed by atoms with E-state index in [4.69, 9.17) is 0 Å². The lowest BCUT2D eigenvalue weighted by atomic mass is 10.3. The first-order valence-electron chi connectivity index (χ1n) is 6.12. The molecule has 0 saturated carbocycles. The Morgan fingerprint density at radius 2 is 2.05 bits per heavy atom. The Morgan fingerprint density at radius 3 is 2.70 bits per heavy atom. The Bertz CT molecular complexity index is 596. The molecule has 0 fully saturated rings. The standard InChI is InChI=1S/C13H16N6O/c1-9-6-16-11(8-15-9)12(20)17-7-10-4-5-14-13(18-10)19(2)3/h4-6,8H,7H2,1-3H3,(H,17,20). The summed E-state index contributed by atoms with van der Waals surface area (Å²) in [5, 5.41) is 2.75. The van der Waals surface area contributed by atoms with E-state index >= 15 is 0 Å². The minimum atomic E-state index is -0.275. The number of rotatable bonds is 4. The van der Waals surface area contributed by atoms with Crippen LogP contribution in [0.1, 0.15) is 21.9 Å². The van der Waals surface area contributed by atoms with E-state index < -0.39 is 0 Å². The van der Waals surface area contributed by atoms with Gasteiger partial charge in [-0.25, -0.2) is 15.0 Å². The number of aryl methyl sites for hydroxylation is 1. The fourth-order valence-electron chi connectivity index (χ4n) is 1.47. The minimum absolute atomic E-state index is 0.275. The average Bonchev–Trinajstić information content (AvgIpc) is 2.46. The second-order valence-corrected chi connectivity index (χ2v) is 4.47. The molecule has 0 aliphatic heterocycles. The van der Waals surface area contributed by atoms with Crippen molar-refractivity contribution >= 4 is 11.9 Å². The predicted molar refractivity (Wildman–Crippen MR) is 74.3 cm³/mol. The molecule has 0 saturated heterocycles. The average molecular weight is 272 g/mol. The lowest BCUT2D eigenvalue weighted by molar-refractivity contribution is 0.0945. The van der Waals surface area contributed by atoms with Gasteiger partial charge in [-0.15, -0.1) is 0 Å². The molecule has 0 aromatic carbocycles. The summed E-state index contributed by atoms with van der Waals surface area (Å²) in [6.07, 6.45) is 4.68. The second-order valence-electron chi connectivity index (χ2n) is 4.47. The fraction of sp³-hybridized carbons (Fsp3) is 0.308. The highest BCUT2D eigenvalue weighted by atomic mass is 16.1. The molecular formula is C13H16N6O. The maximum absolute atomic E-state index is 11.9. The highest BCUT2D eigenvalue weighted by Crippen LogP contribution is 2.03. The normalized spacial score (nSPS) is 10.2. The number of amides is 1. The molecule has 0 aliphatic rings. The Balaban J connectivity index is 1.99.